The highest BCUT2D eigenvalue weighted by Gasteiger charge is 2.24. The first kappa shape index (κ1) is 21.2. The summed E-state index contributed by atoms with van der Waals surface area (Å²) in [7, 11) is 0. The van der Waals surface area contributed by atoms with Gasteiger partial charge in [-0.05, 0) is 6.92 Å². The first-order chi connectivity index (χ1) is 11.2. The fourth-order valence-electron chi connectivity index (χ4n) is 1.82. The number of halogens is 5. The zero-order valence-electron chi connectivity index (χ0n) is 12.0. The maximum atomic E-state index is 13.1. The van der Waals surface area contributed by atoms with Crippen molar-refractivity contribution < 1.29 is 18.4 Å². The van der Waals surface area contributed by atoms with Gasteiger partial charge in [-0.15, -0.1) is 0 Å². The monoisotopic (exact) mass is 409 g/mol. The Morgan fingerprint density at radius 1 is 1.12 bits per heavy atom. The SMILES string of the molecule is C.CC(=O)c1cnc(Cl)c(F)c1Cl.O=C1NCc2c1cnc(Cl)c2F. The maximum absolute atomic E-state index is 13.1. The summed E-state index contributed by atoms with van der Waals surface area (Å²) >= 11 is 16.2. The number of aromatic nitrogens is 2. The number of carbonyl (C=O) groups excluding carboxylic acids is 2. The second-order valence-electron chi connectivity index (χ2n) is 4.58. The van der Waals surface area contributed by atoms with Gasteiger partial charge < -0.3 is 5.32 Å². The van der Waals surface area contributed by atoms with Gasteiger partial charge in [0.2, 0.25) is 0 Å². The van der Waals surface area contributed by atoms with E-state index in [1.165, 1.54) is 13.1 Å². The molecule has 0 aromatic carbocycles. The second kappa shape index (κ2) is 8.51. The lowest BCUT2D eigenvalue weighted by molar-refractivity contribution is 0.0964. The van der Waals surface area contributed by atoms with Crippen LogP contribution in [0.15, 0.2) is 12.4 Å². The van der Waals surface area contributed by atoms with Gasteiger partial charge in [-0.25, -0.2) is 18.7 Å². The molecule has 0 fully saturated rings. The van der Waals surface area contributed by atoms with Crippen LogP contribution in [0.3, 0.4) is 0 Å². The van der Waals surface area contributed by atoms with Crippen LogP contribution in [-0.2, 0) is 6.54 Å². The van der Waals surface area contributed by atoms with E-state index in [2.05, 4.69) is 15.3 Å². The second-order valence-corrected chi connectivity index (χ2v) is 5.68. The van der Waals surface area contributed by atoms with E-state index in [4.69, 9.17) is 34.8 Å². The molecule has 1 aliphatic rings. The van der Waals surface area contributed by atoms with Crippen molar-refractivity contribution in [2.75, 3.05) is 0 Å². The third-order valence-corrected chi connectivity index (χ3v) is 3.94. The molecule has 2 aromatic rings. The quantitative estimate of drug-likeness (QED) is 0.555. The Balaban J connectivity index is 0.000000240. The van der Waals surface area contributed by atoms with Gasteiger partial charge in [-0.1, -0.05) is 42.2 Å². The number of carbonyl (C=O) groups is 2. The van der Waals surface area contributed by atoms with Gasteiger partial charge in [0, 0.05) is 24.5 Å². The van der Waals surface area contributed by atoms with Crippen LogP contribution < -0.4 is 5.32 Å². The van der Waals surface area contributed by atoms with E-state index >= 15 is 0 Å². The van der Waals surface area contributed by atoms with Crippen molar-refractivity contribution in [1.82, 2.24) is 15.3 Å². The highest BCUT2D eigenvalue weighted by molar-refractivity contribution is 6.36. The number of rotatable bonds is 1. The zero-order valence-corrected chi connectivity index (χ0v) is 14.2. The predicted octanol–water partition coefficient (Wildman–Crippen LogP) is 4.48. The maximum Gasteiger partial charge on any atom is 0.253 e. The Kier molecular flexibility index (Phi) is 7.22. The van der Waals surface area contributed by atoms with Gasteiger partial charge >= 0.3 is 0 Å². The summed E-state index contributed by atoms with van der Waals surface area (Å²) in [6.07, 6.45) is 2.43. The molecule has 0 saturated heterocycles. The number of ketones is 1. The number of amides is 1. The summed E-state index contributed by atoms with van der Waals surface area (Å²) in [5, 5.41) is 1.68. The summed E-state index contributed by atoms with van der Waals surface area (Å²) in [6.45, 7) is 1.47. The minimum Gasteiger partial charge on any atom is -0.348 e. The van der Waals surface area contributed by atoms with Crippen molar-refractivity contribution in [2.24, 2.45) is 0 Å². The summed E-state index contributed by atoms with van der Waals surface area (Å²) < 4.78 is 26.0. The normalized spacial score (nSPS) is 11.7. The third-order valence-electron chi connectivity index (χ3n) is 3.05. The fourth-order valence-corrected chi connectivity index (χ4v) is 2.45. The van der Waals surface area contributed by atoms with Gasteiger partial charge in [0.15, 0.2) is 27.7 Å². The molecule has 2 aromatic heterocycles. The van der Waals surface area contributed by atoms with E-state index in [0.717, 1.165) is 6.20 Å². The van der Waals surface area contributed by atoms with Gasteiger partial charge in [0.1, 0.15) is 0 Å². The molecule has 1 aliphatic heterocycles. The summed E-state index contributed by atoms with van der Waals surface area (Å²) in [5.41, 5.74) is 0.621. The average Bonchev–Trinajstić information content (AvgIpc) is 2.91. The molecule has 10 heteroatoms. The molecule has 3 rings (SSSR count). The van der Waals surface area contributed by atoms with Crippen molar-refractivity contribution in [3.8, 4) is 0 Å². The lowest BCUT2D eigenvalue weighted by atomic mass is 10.2. The van der Waals surface area contributed by atoms with Crippen LogP contribution >= 0.6 is 34.8 Å². The summed E-state index contributed by atoms with van der Waals surface area (Å²) in [5.74, 6) is -2.10. The molecule has 0 radical (unpaired) electrons. The first-order valence-electron chi connectivity index (χ1n) is 6.35. The number of nitrogens with zero attached hydrogens (tertiary/aromatic N) is 2. The highest BCUT2D eigenvalue weighted by Crippen LogP contribution is 2.24. The molecular formula is C15H12Cl3F2N3O2. The van der Waals surface area contributed by atoms with E-state index in [-0.39, 0.29) is 52.1 Å². The Morgan fingerprint density at radius 3 is 2.28 bits per heavy atom. The number of fused-ring (bicyclic) bond motifs is 1. The molecule has 1 amide bonds. The molecule has 1 N–H and O–H groups in total. The lowest BCUT2D eigenvalue weighted by Crippen LogP contribution is -2.12. The zero-order chi connectivity index (χ0) is 18.0. The molecule has 134 valence electrons. The van der Waals surface area contributed by atoms with Crippen LogP contribution in [0, 0.1) is 11.6 Å². The average molecular weight is 411 g/mol. The van der Waals surface area contributed by atoms with Crippen molar-refractivity contribution in [1.29, 1.82) is 0 Å². The van der Waals surface area contributed by atoms with Gasteiger partial charge in [-0.3, -0.25) is 9.59 Å². The topological polar surface area (TPSA) is 72.0 Å². The molecule has 0 atom stereocenters. The van der Waals surface area contributed by atoms with E-state index < -0.39 is 11.6 Å². The summed E-state index contributed by atoms with van der Waals surface area (Å²) in [6, 6.07) is 0. The standard InChI is InChI=1S/C7H4Cl2FNO.C7H4ClFN2O.CH4/c1-3(12)4-2-11-7(9)6(10)5(4)8;8-6-5(9)3-1-11-7(12)4(3)2-10-6;/h2H,1H3;2H,1H2,(H,11,12);1H4. The Bertz CT molecular complexity index is 841. The Morgan fingerprint density at radius 2 is 1.68 bits per heavy atom. The van der Waals surface area contributed by atoms with E-state index in [0.29, 0.717) is 5.56 Å². The third kappa shape index (κ3) is 4.42. The van der Waals surface area contributed by atoms with Gasteiger partial charge in [0.05, 0.1) is 16.1 Å². The molecular weight excluding hydrogens is 399 g/mol. The molecule has 0 unspecified atom stereocenters. The van der Waals surface area contributed by atoms with Crippen LogP contribution in [-0.4, -0.2) is 21.7 Å². The molecule has 5 nitrogen and oxygen atoms in total. The molecule has 0 aliphatic carbocycles. The van der Waals surface area contributed by atoms with Gasteiger partial charge in [0.25, 0.3) is 5.91 Å². The Hall–Kier alpha value is -1.83. The van der Waals surface area contributed by atoms with Crippen LogP contribution in [0.25, 0.3) is 0 Å². The molecule has 0 bridgehead atoms. The lowest BCUT2D eigenvalue weighted by Gasteiger charge is -2.00. The molecule has 25 heavy (non-hydrogen) atoms. The number of nitrogens with one attached hydrogen (secondary N) is 1. The van der Waals surface area contributed by atoms with Crippen LogP contribution in [0.2, 0.25) is 15.3 Å². The minimum atomic E-state index is -0.856. The molecule has 0 saturated carbocycles. The van der Waals surface area contributed by atoms with Gasteiger partial charge in [-0.2, -0.15) is 0 Å². The number of hydrogen-bond acceptors (Lipinski definition) is 4. The van der Waals surface area contributed by atoms with E-state index in [1.54, 1.807) is 0 Å². The summed E-state index contributed by atoms with van der Waals surface area (Å²) in [4.78, 5) is 28.7. The predicted molar refractivity (Wildman–Crippen MR) is 91.3 cm³/mol. The van der Waals surface area contributed by atoms with Crippen LogP contribution in [0.1, 0.15) is 40.6 Å². The number of Topliss-reactive ketones (excluding diaryl/α,β-unsaturated/α-hetero) is 1. The first-order valence-corrected chi connectivity index (χ1v) is 7.49. The minimum absolute atomic E-state index is 0. The molecule has 0 spiro atoms. The van der Waals surface area contributed by atoms with E-state index in [9.17, 15) is 18.4 Å². The van der Waals surface area contributed by atoms with Crippen LogP contribution in [0.5, 0.6) is 0 Å². The van der Waals surface area contributed by atoms with Crippen molar-refractivity contribution in [2.45, 2.75) is 20.9 Å². The highest BCUT2D eigenvalue weighted by atomic mass is 35.5. The number of pyridine rings is 2. The van der Waals surface area contributed by atoms with Crippen molar-refractivity contribution in [3.05, 3.63) is 56.0 Å². The largest absolute Gasteiger partial charge is 0.348 e. The van der Waals surface area contributed by atoms with E-state index in [1.807, 2.05) is 0 Å². The van der Waals surface area contributed by atoms with Crippen molar-refractivity contribution in [3.63, 3.8) is 0 Å². The fraction of sp³-hybridized carbons (Fsp3) is 0.200. The van der Waals surface area contributed by atoms with Crippen molar-refractivity contribution >= 4 is 46.5 Å². The Labute approximate surface area is 157 Å². The number of hydrogen-bond donors (Lipinski definition) is 1. The molecule has 3 heterocycles. The van der Waals surface area contributed by atoms with Crippen LogP contribution in [0.4, 0.5) is 8.78 Å². The smallest absolute Gasteiger partial charge is 0.253 e.